The van der Waals surface area contributed by atoms with Crippen molar-refractivity contribution in [3.05, 3.63) is 65.7 Å². The molecular formula is C20H20N2O4. The van der Waals surface area contributed by atoms with E-state index in [0.29, 0.717) is 5.56 Å². The largest absolute Gasteiger partial charge is 0.507 e. The summed E-state index contributed by atoms with van der Waals surface area (Å²) in [4.78, 5) is 12.1. The van der Waals surface area contributed by atoms with Crippen molar-refractivity contribution in [2.45, 2.75) is 7.43 Å². The van der Waals surface area contributed by atoms with E-state index in [2.05, 4.69) is 10.5 Å². The van der Waals surface area contributed by atoms with Crippen LogP contribution in [0.1, 0.15) is 23.3 Å². The van der Waals surface area contributed by atoms with E-state index in [0.717, 1.165) is 10.8 Å². The van der Waals surface area contributed by atoms with E-state index >= 15 is 0 Å². The average molecular weight is 352 g/mol. The highest BCUT2D eigenvalue weighted by Crippen LogP contribution is 2.27. The summed E-state index contributed by atoms with van der Waals surface area (Å²) >= 11 is 0. The van der Waals surface area contributed by atoms with E-state index in [1.165, 1.54) is 31.5 Å². The van der Waals surface area contributed by atoms with Gasteiger partial charge in [0.05, 0.1) is 13.3 Å². The number of ether oxygens (including phenoxy) is 1. The molecule has 0 unspecified atom stereocenters. The number of carbonyl (C=O) groups is 1. The third kappa shape index (κ3) is 3.75. The maximum Gasteiger partial charge on any atom is 0.271 e. The molecule has 6 heteroatoms. The zero-order valence-corrected chi connectivity index (χ0v) is 13.4. The SMILES string of the molecule is C.COc1cc(C(=O)N/N=C/c2c(O)ccc3ccccc23)ccc1O. The van der Waals surface area contributed by atoms with Gasteiger partial charge in [0.15, 0.2) is 11.5 Å². The summed E-state index contributed by atoms with van der Waals surface area (Å²) in [5.41, 5.74) is 3.19. The molecule has 0 bridgehead atoms. The molecule has 3 rings (SSSR count). The second-order valence-corrected chi connectivity index (χ2v) is 5.31. The molecule has 1 amide bonds. The Morgan fingerprint density at radius 1 is 1.08 bits per heavy atom. The maximum atomic E-state index is 12.1. The summed E-state index contributed by atoms with van der Waals surface area (Å²) in [6.07, 6.45) is 1.40. The Morgan fingerprint density at radius 2 is 1.81 bits per heavy atom. The molecule has 0 aliphatic carbocycles. The van der Waals surface area contributed by atoms with Gasteiger partial charge in [-0.2, -0.15) is 5.10 Å². The lowest BCUT2D eigenvalue weighted by molar-refractivity contribution is 0.0954. The molecule has 3 aromatic rings. The Hall–Kier alpha value is -3.54. The van der Waals surface area contributed by atoms with E-state index in [1.54, 1.807) is 6.07 Å². The van der Waals surface area contributed by atoms with Gasteiger partial charge in [-0.25, -0.2) is 5.43 Å². The number of methoxy groups -OCH3 is 1. The smallest absolute Gasteiger partial charge is 0.271 e. The Bertz CT molecular complexity index is 967. The summed E-state index contributed by atoms with van der Waals surface area (Å²) in [5.74, 6) is -0.246. The number of benzene rings is 3. The van der Waals surface area contributed by atoms with Crippen LogP contribution in [0.4, 0.5) is 0 Å². The van der Waals surface area contributed by atoms with Crippen LogP contribution in [0.25, 0.3) is 10.8 Å². The number of phenolic OH excluding ortho intramolecular Hbond substituents is 2. The molecule has 0 saturated heterocycles. The highest BCUT2D eigenvalue weighted by molar-refractivity contribution is 6.03. The minimum absolute atomic E-state index is 0. The van der Waals surface area contributed by atoms with Gasteiger partial charge in [0, 0.05) is 11.1 Å². The van der Waals surface area contributed by atoms with Gasteiger partial charge in [-0.15, -0.1) is 0 Å². The molecule has 0 spiro atoms. The van der Waals surface area contributed by atoms with E-state index in [-0.39, 0.29) is 30.2 Å². The highest BCUT2D eigenvalue weighted by Gasteiger charge is 2.09. The molecule has 0 atom stereocenters. The number of amides is 1. The Balaban J connectivity index is 0.00000243. The van der Waals surface area contributed by atoms with Crippen LogP contribution in [-0.2, 0) is 0 Å². The second kappa shape index (κ2) is 8.02. The first-order valence-electron chi connectivity index (χ1n) is 7.51. The van der Waals surface area contributed by atoms with Crippen LogP contribution in [0.5, 0.6) is 17.2 Å². The lowest BCUT2D eigenvalue weighted by atomic mass is 10.0. The standard InChI is InChI=1S/C19H16N2O4.CH4/c1-25-18-10-13(7-9-17(18)23)19(24)21-20-11-15-14-5-3-2-4-12(14)6-8-16(15)22;/h2-11,22-23H,1H3,(H,21,24);1H4/b20-11+;. The van der Waals surface area contributed by atoms with Gasteiger partial charge in [0.2, 0.25) is 0 Å². The number of hydrazone groups is 1. The summed E-state index contributed by atoms with van der Waals surface area (Å²) < 4.78 is 4.97. The average Bonchev–Trinajstić information content (AvgIpc) is 2.63. The van der Waals surface area contributed by atoms with Crippen LogP contribution in [-0.4, -0.2) is 29.4 Å². The van der Waals surface area contributed by atoms with Gasteiger partial charge < -0.3 is 14.9 Å². The molecule has 0 saturated carbocycles. The van der Waals surface area contributed by atoms with Crippen molar-refractivity contribution in [3.8, 4) is 17.2 Å². The number of rotatable bonds is 4. The molecule has 0 radical (unpaired) electrons. The minimum Gasteiger partial charge on any atom is -0.507 e. The van der Waals surface area contributed by atoms with Crippen molar-refractivity contribution in [1.82, 2.24) is 5.43 Å². The quantitative estimate of drug-likeness (QED) is 0.494. The monoisotopic (exact) mass is 352 g/mol. The van der Waals surface area contributed by atoms with Gasteiger partial charge in [0.25, 0.3) is 5.91 Å². The molecular weight excluding hydrogens is 332 g/mol. The maximum absolute atomic E-state index is 12.1. The number of aromatic hydroxyl groups is 2. The number of fused-ring (bicyclic) bond motifs is 1. The van der Waals surface area contributed by atoms with Crippen molar-refractivity contribution in [2.75, 3.05) is 7.11 Å². The molecule has 26 heavy (non-hydrogen) atoms. The first-order valence-corrected chi connectivity index (χ1v) is 7.51. The number of hydrogen-bond donors (Lipinski definition) is 3. The van der Waals surface area contributed by atoms with Gasteiger partial charge >= 0.3 is 0 Å². The number of phenols is 2. The lowest BCUT2D eigenvalue weighted by Gasteiger charge is -2.06. The summed E-state index contributed by atoms with van der Waals surface area (Å²) in [6.45, 7) is 0. The Labute approximate surface area is 151 Å². The zero-order valence-electron chi connectivity index (χ0n) is 13.4. The first-order chi connectivity index (χ1) is 12.1. The third-order valence-corrected chi connectivity index (χ3v) is 3.75. The van der Waals surface area contributed by atoms with Crippen molar-refractivity contribution in [2.24, 2.45) is 5.10 Å². The minimum atomic E-state index is -0.464. The molecule has 0 aliphatic heterocycles. The molecule has 0 fully saturated rings. The molecule has 0 aromatic heterocycles. The normalized spacial score (nSPS) is 10.5. The molecule has 134 valence electrons. The van der Waals surface area contributed by atoms with Crippen LogP contribution < -0.4 is 10.2 Å². The molecule has 0 aliphatic rings. The van der Waals surface area contributed by atoms with E-state index < -0.39 is 5.91 Å². The zero-order chi connectivity index (χ0) is 17.8. The van der Waals surface area contributed by atoms with Gasteiger partial charge in [-0.05, 0) is 35.0 Å². The lowest BCUT2D eigenvalue weighted by Crippen LogP contribution is -2.17. The van der Waals surface area contributed by atoms with E-state index in [4.69, 9.17) is 4.74 Å². The van der Waals surface area contributed by atoms with Crippen LogP contribution in [0.3, 0.4) is 0 Å². The number of nitrogens with one attached hydrogen (secondary N) is 1. The predicted molar refractivity (Wildman–Crippen MR) is 102 cm³/mol. The molecule has 3 N–H and O–H groups in total. The van der Waals surface area contributed by atoms with Crippen LogP contribution >= 0.6 is 0 Å². The van der Waals surface area contributed by atoms with Gasteiger partial charge in [0.1, 0.15) is 5.75 Å². The second-order valence-electron chi connectivity index (χ2n) is 5.31. The summed E-state index contributed by atoms with van der Waals surface area (Å²) in [6, 6.07) is 15.2. The van der Waals surface area contributed by atoms with E-state index in [1.807, 2.05) is 30.3 Å². The predicted octanol–water partition coefficient (Wildman–Crippen LogP) is 3.66. The first kappa shape index (κ1) is 18.8. The highest BCUT2D eigenvalue weighted by atomic mass is 16.5. The summed E-state index contributed by atoms with van der Waals surface area (Å²) in [5, 5.41) is 25.3. The third-order valence-electron chi connectivity index (χ3n) is 3.75. The van der Waals surface area contributed by atoms with E-state index in [9.17, 15) is 15.0 Å². The fraction of sp³-hybridized carbons (Fsp3) is 0.100. The van der Waals surface area contributed by atoms with Gasteiger partial charge in [-0.3, -0.25) is 4.79 Å². The summed E-state index contributed by atoms with van der Waals surface area (Å²) in [7, 11) is 1.40. The van der Waals surface area contributed by atoms with Gasteiger partial charge in [-0.1, -0.05) is 37.8 Å². The molecule has 3 aromatic carbocycles. The van der Waals surface area contributed by atoms with Crippen LogP contribution in [0.2, 0.25) is 0 Å². The van der Waals surface area contributed by atoms with Crippen LogP contribution in [0.15, 0.2) is 59.7 Å². The number of hydrogen-bond acceptors (Lipinski definition) is 5. The molecule has 0 heterocycles. The number of nitrogens with zero attached hydrogens (tertiary/aromatic N) is 1. The van der Waals surface area contributed by atoms with Crippen molar-refractivity contribution in [3.63, 3.8) is 0 Å². The molecule has 6 nitrogen and oxygen atoms in total. The Morgan fingerprint density at radius 3 is 2.58 bits per heavy atom. The van der Waals surface area contributed by atoms with Crippen molar-refractivity contribution < 1.29 is 19.7 Å². The van der Waals surface area contributed by atoms with Crippen LogP contribution in [0, 0.1) is 0 Å². The fourth-order valence-corrected chi connectivity index (χ4v) is 2.46. The number of carbonyl (C=O) groups excluding carboxylic acids is 1. The van der Waals surface area contributed by atoms with Crippen molar-refractivity contribution in [1.29, 1.82) is 0 Å². The van der Waals surface area contributed by atoms with Crippen molar-refractivity contribution >= 4 is 22.9 Å². The Kier molecular flexibility index (Phi) is 5.80. The fourth-order valence-electron chi connectivity index (χ4n) is 2.46. The topological polar surface area (TPSA) is 91.2 Å².